The van der Waals surface area contributed by atoms with Crippen molar-refractivity contribution in [1.82, 2.24) is 10.6 Å². The number of hydrogen-bond acceptors (Lipinski definition) is 5. The second kappa shape index (κ2) is 8.27. The van der Waals surface area contributed by atoms with Crippen molar-refractivity contribution in [2.45, 2.75) is 22.4 Å². The molecule has 1 unspecified atom stereocenters. The van der Waals surface area contributed by atoms with Crippen LogP contribution in [0.4, 0.5) is 0 Å². The van der Waals surface area contributed by atoms with Crippen molar-refractivity contribution in [3.63, 3.8) is 0 Å². The lowest BCUT2D eigenvalue weighted by Crippen LogP contribution is -2.36. The van der Waals surface area contributed by atoms with E-state index in [0.29, 0.717) is 5.76 Å². The second-order valence-corrected chi connectivity index (χ2v) is 8.01. The summed E-state index contributed by atoms with van der Waals surface area (Å²) in [4.78, 5) is 12.7. The number of carbonyl (C=O) groups is 1. The minimum atomic E-state index is -0.110. The Bertz CT molecular complexity index is 842. The van der Waals surface area contributed by atoms with Crippen LogP contribution >= 0.6 is 35.5 Å². The van der Waals surface area contributed by atoms with Crippen molar-refractivity contribution in [2.75, 3.05) is 13.1 Å². The van der Waals surface area contributed by atoms with Gasteiger partial charge in [0.25, 0.3) is 5.91 Å². The number of thioether (sulfide) groups is 1. The monoisotopic (exact) mass is 394 g/mol. The number of nitrogens with one attached hydrogen (secondary N) is 2. The maximum Gasteiger partial charge on any atom is 0.287 e. The van der Waals surface area contributed by atoms with Crippen LogP contribution < -0.4 is 10.6 Å². The first kappa shape index (κ1) is 18.3. The molecule has 0 radical (unpaired) electrons. The van der Waals surface area contributed by atoms with Crippen LogP contribution in [-0.4, -0.2) is 25.0 Å². The van der Waals surface area contributed by atoms with Gasteiger partial charge in [0.1, 0.15) is 5.58 Å². The van der Waals surface area contributed by atoms with Crippen LogP contribution in [0.2, 0.25) is 0 Å². The van der Waals surface area contributed by atoms with Crippen LogP contribution in [0.3, 0.4) is 0 Å². The van der Waals surface area contributed by atoms with Gasteiger partial charge >= 0.3 is 0 Å². The summed E-state index contributed by atoms with van der Waals surface area (Å²) in [6.45, 7) is 1.78. The van der Waals surface area contributed by atoms with E-state index < -0.39 is 0 Å². The van der Waals surface area contributed by atoms with Gasteiger partial charge in [0.2, 0.25) is 0 Å². The number of hydrogen-bond donors (Lipinski definition) is 2. The Hall–Kier alpha value is -1.47. The molecule has 3 heterocycles. The first-order valence-corrected chi connectivity index (χ1v) is 9.86. The highest BCUT2D eigenvalue weighted by molar-refractivity contribution is 8.00. The molecular weight excluding hydrogens is 376 g/mol. The third-order valence-corrected chi connectivity index (χ3v) is 6.31. The topological polar surface area (TPSA) is 54.3 Å². The van der Waals surface area contributed by atoms with Crippen molar-refractivity contribution in [1.29, 1.82) is 0 Å². The predicted octanol–water partition coefficient (Wildman–Crippen LogP) is 4.30. The van der Waals surface area contributed by atoms with Gasteiger partial charge in [-0.2, -0.15) is 0 Å². The molecule has 0 saturated carbocycles. The quantitative estimate of drug-likeness (QED) is 0.633. The first-order valence-electron chi connectivity index (χ1n) is 7.99. The van der Waals surface area contributed by atoms with Crippen molar-refractivity contribution < 1.29 is 9.21 Å². The highest BCUT2D eigenvalue weighted by atomic mass is 35.5. The molecule has 1 fully saturated rings. The fourth-order valence-corrected chi connectivity index (χ4v) is 4.76. The SMILES string of the molecule is Cl.O=C(NC1CCNC1)c1oc2ccccc2c1CSc1cccs1. The number of halogens is 1. The lowest BCUT2D eigenvalue weighted by molar-refractivity contribution is 0.0913. The highest BCUT2D eigenvalue weighted by Gasteiger charge is 2.24. The number of furan rings is 1. The third kappa shape index (κ3) is 4.03. The first-order chi connectivity index (χ1) is 11.8. The molecule has 0 spiro atoms. The van der Waals surface area contributed by atoms with E-state index in [-0.39, 0.29) is 24.4 Å². The molecule has 132 valence electrons. The van der Waals surface area contributed by atoms with Crippen molar-refractivity contribution in [2.24, 2.45) is 0 Å². The van der Waals surface area contributed by atoms with Gasteiger partial charge in [0.15, 0.2) is 5.76 Å². The van der Waals surface area contributed by atoms with Crippen LogP contribution in [-0.2, 0) is 5.75 Å². The smallest absolute Gasteiger partial charge is 0.287 e. The zero-order valence-corrected chi connectivity index (χ0v) is 15.9. The number of rotatable bonds is 5. The number of fused-ring (bicyclic) bond motifs is 1. The van der Waals surface area contributed by atoms with Gasteiger partial charge in [-0.25, -0.2) is 0 Å². The van der Waals surface area contributed by atoms with E-state index in [2.05, 4.69) is 22.1 Å². The van der Waals surface area contributed by atoms with Gasteiger partial charge < -0.3 is 15.1 Å². The molecule has 3 aromatic rings. The largest absolute Gasteiger partial charge is 0.451 e. The molecule has 1 aliphatic heterocycles. The van der Waals surface area contributed by atoms with Gasteiger partial charge in [0.05, 0.1) is 4.21 Å². The Morgan fingerprint density at radius 3 is 2.96 bits per heavy atom. The number of carbonyl (C=O) groups excluding carboxylic acids is 1. The Labute approximate surface area is 160 Å². The minimum absolute atomic E-state index is 0. The van der Waals surface area contributed by atoms with Gasteiger partial charge in [-0.05, 0) is 30.5 Å². The average Bonchev–Trinajstić information content (AvgIpc) is 3.33. The zero-order chi connectivity index (χ0) is 16.4. The van der Waals surface area contributed by atoms with E-state index in [1.54, 1.807) is 23.1 Å². The Balaban J connectivity index is 0.00000182. The summed E-state index contributed by atoms with van der Waals surface area (Å²) >= 11 is 3.45. The fourth-order valence-electron chi connectivity index (χ4n) is 2.94. The van der Waals surface area contributed by atoms with Crippen molar-refractivity contribution in [3.05, 3.63) is 53.1 Å². The molecule has 7 heteroatoms. The number of thiophene rings is 1. The van der Waals surface area contributed by atoms with Crippen LogP contribution in [0.25, 0.3) is 11.0 Å². The molecule has 4 nitrogen and oxygen atoms in total. The number of amides is 1. The summed E-state index contributed by atoms with van der Waals surface area (Å²) in [6.07, 6.45) is 0.964. The summed E-state index contributed by atoms with van der Waals surface area (Å²) in [5, 5.41) is 9.44. The molecule has 1 saturated heterocycles. The van der Waals surface area contributed by atoms with E-state index in [9.17, 15) is 4.79 Å². The molecule has 2 N–H and O–H groups in total. The lowest BCUT2D eigenvalue weighted by atomic mass is 10.1. The van der Waals surface area contributed by atoms with Crippen LogP contribution in [0, 0.1) is 0 Å². The van der Waals surface area contributed by atoms with Crippen LogP contribution in [0.5, 0.6) is 0 Å². The maximum atomic E-state index is 12.7. The molecule has 0 aliphatic carbocycles. The van der Waals surface area contributed by atoms with E-state index in [1.807, 2.05) is 30.3 Å². The van der Waals surface area contributed by atoms with E-state index in [1.165, 1.54) is 4.21 Å². The molecule has 1 aromatic carbocycles. The van der Waals surface area contributed by atoms with Gasteiger partial charge in [-0.1, -0.05) is 24.3 Å². The fraction of sp³-hybridized carbons (Fsp3) is 0.278. The normalized spacial score (nSPS) is 16.7. The van der Waals surface area contributed by atoms with Gasteiger partial charge in [0, 0.05) is 29.3 Å². The number of benzene rings is 1. The minimum Gasteiger partial charge on any atom is -0.451 e. The molecule has 0 bridgehead atoms. The predicted molar refractivity (Wildman–Crippen MR) is 106 cm³/mol. The summed E-state index contributed by atoms with van der Waals surface area (Å²) in [6, 6.07) is 12.2. The van der Waals surface area contributed by atoms with Crippen molar-refractivity contribution in [3.8, 4) is 0 Å². The van der Waals surface area contributed by atoms with E-state index >= 15 is 0 Å². The van der Waals surface area contributed by atoms with Gasteiger partial charge in [-0.3, -0.25) is 4.79 Å². The molecule has 2 aromatic heterocycles. The van der Waals surface area contributed by atoms with Crippen molar-refractivity contribution >= 4 is 52.4 Å². The number of para-hydroxylation sites is 1. The van der Waals surface area contributed by atoms with Crippen LogP contribution in [0.15, 0.2) is 50.4 Å². The molecule has 4 rings (SSSR count). The Morgan fingerprint density at radius 1 is 1.32 bits per heavy atom. The summed E-state index contributed by atoms with van der Waals surface area (Å²) in [5.74, 6) is 1.07. The lowest BCUT2D eigenvalue weighted by Gasteiger charge is -2.10. The summed E-state index contributed by atoms with van der Waals surface area (Å²) in [5.41, 5.74) is 1.75. The third-order valence-electron chi connectivity index (χ3n) is 4.15. The highest BCUT2D eigenvalue weighted by Crippen LogP contribution is 2.33. The summed E-state index contributed by atoms with van der Waals surface area (Å²) in [7, 11) is 0. The molecule has 1 atom stereocenters. The standard InChI is InChI=1S/C18H18N2O2S2.ClH/c21-18(20-12-7-8-19-10-12)17-14(11-24-16-6-3-9-23-16)13-4-1-2-5-15(13)22-17;/h1-6,9,12,19H,7-8,10-11H2,(H,20,21);1H. The summed E-state index contributed by atoms with van der Waals surface area (Å²) < 4.78 is 7.14. The second-order valence-electron chi connectivity index (χ2n) is 5.79. The molecule has 25 heavy (non-hydrogen) atoms. The maximum absolute atomic E-state index is 12.7. The van der Waals surface area contributed by atoms with Crippen LogP contribution in [0.1, 0.15) is 22.5 Å². The zero-order valence-electron chi connectivity index (χ0n) is 13.5. The Morgan fingerprint density at radius 2 is 2.20 bits per heavy atom. The molecule has 1 amide bonds. The van der Waals surface area contributed by atoms with E-state index in [0.717, 1.165) is 41.8 Å². The van der Waals surface area contributed by atoms with E-state index in [4.69, 9.17) is 4.42 Å². The average molecular weight is 395 g/mol. The van der Waals surface area contributed by atoms with Gasteiger partial charge in [-0.15, -0.1) is 35.5 Å². The Kier molecular flexibility index (Phi) is 6.06. The molecular formula is C18H19ClN2O2S2. The molecule has 1 aliphatic rings.